The van der Waals surface area contributed by atoms with Crippen molar-refractivity contribution in [3.63, 3.8) is 0 Å². The molecule has 0 saturated carbocycles. The van der Waals surface area contributed by atoms with E-state index in [9.17, 15) is 18.3 Å². The third kappa shape index (κ3) is 3.94. The van der Waals surface area contributed by atoms with Gasteiger partial charge in [0.05, 0.1) is 4.90 Å². The Kier molecular flexibility index (Phi) is 5.61. The summed E-state index contributed by atoms with van der Waals surface area (Å²) in [7, 11) is -4.08. The van der Waals surface area contributed by atoms with E-state index < -0.39 is 21.1 Å². The van der Waals surface area contributed by atoms with Gasteiger partial charge in [-0.2, -0.15) is 0 Å². The molecule has 124 valence electrons. The van der Waals surface area contributed by atoms with Crippen LogP contribution in [-0.4, -0.2) is 26.1 Å². The summed E-state index contributed by atoms with van der Waals surface area (Å²) in [4.78, 5) is 11.5. The van der Waals surface area contributed by atoms with Crippen molar-refractivity contribution in [3.05, 3.63) is 60.2 Å². The summed E-state index contributed by atoms with van der Waals surface area (Å²) >= 11 is 0. The maximum atomic E-state index is 12.7. The molecule has 1 N–H and O–H groups in total. The minimum atomic E-state index is -4.08. The number of hydrogen-bond donors (Lipinski definition) is 1. The molecule has 0 bridgehead atoms. The molecule has 0 spiro atoms. The Morgan fingerprint density at radius 2 is 1.75 bits per heavy atom. The van der Waals surface area contributed by atoms with E-state index in [0.717, 1.165) is 0 Å². The second-order valence-electron chi connectivity index (χ2n) is 4.86. The number of rotatable bonds is 6. The molecule has 0 fully saturated rings. The fourth-order valence-electron chi connectivity index (χ4n) is 2.14. The topological polar surface area (TPSA) is 80.7 Å². The first kappa shape index (κ1) is 17.6. The molecule has 2 aromatic carbocycles. The smallest absolute Gasteiger partial charge is 0.326 e. The van der Waals surface area contributed by atoms with E-state index in [1.807, 2.05) is 0 Å². The van der Waals surface area contributed by atoms with Crippen molar-refractivity contribution in [2.24, 2.45) is 0 Å². The first-order valence-corrected chi connectivity index (χ1v) is 8.65. The average molecular weight is 344 g/mol. The number of sulfone groups is 1. The molecule has 1 unspecified atom stereocenters. The highest BCUT2D eigenvalue weighted by molar-refractivity contribution is 7.92. The third-order valence-electron chi connectivity index (χ3n) is 3.28. The Labute approximate surface area is 140 Å². The van der Waals surface area contributed by atoms with E-state index in [1.165, 1.54) is 36.4 Å². The van der Waals surface area contributed by atoms with E-state index in [2.05, 4.69) is 11.8 Å². The minimum Gasteiger partial charge on any atom is -0.481 e. The van der Waals surface area contributed by atoms with Crippen LogP contribution in [0.25, 0.3) is 0 Å². The van der Waals surface area contributed by atoms with E-state index in [-0.39, 0.29) is 17.1 Å². The van der Waals surface area contributed by atoms with Gasteiger partial charge >= 0.3 is 5.97 Å². The van der Waals surface area contributed by atoms with Crippen molar-refractivity contribution in [2.75, 3.05) is 6.61 Å². The van der Waals surface area contributed by atoms with E-state index >= 15 is 0 Å². The summed E-state index contributed by atoms with van der Waals surface area (Å²) in [5, 5.41) is 7.75. The van der Waals surface area contributed by atoms with Crippen LogP contribution in [0.15, 0.2) is 59.5 Å². The lowest BCUT2D eigenvalue weighted by Crippen LogP contribution is -2.22. The van der Waals surface area contributed by atoms with Crippen LogP contribution in [0, 0.1) is 11.8 Å². The maximum absolute atomic E-state index is 12.7. The van der Waals surface area contributed by atoms with E-state index in [0.29, 0.717) is 5.75 Å². The van der Waals surface area contributed by atoms with Gasteiger partial charge in [-0.15, -0.1) is 5.92 Å². The minimum absolute atomic E-state index is 0.0762. The highest BCUT2D eigenvalue weighted by Crippen LogP contribution is 2.30. The number of benzene rings is 2. The van der Waals surface area contributed by atoms with Crippen LogP contribution in [-0.2, 0) is 14.6 Å². The largest absolute Gasteiger partial charge is 0.481 e. The number of carboxylic acids is 1. The molecule has 6 heteroatoms. The molecule has 5 nitrogen and oxygen atoms in total. The molecule has 2 rings (SSSR count). The van der Waals surface area contributed by atoms with Gasteiger partial charge in [0.25, 0.3) is 0 Å². The van der Waals surface area contributed by atoms with Gasteiger partial charge in [-0.3, -0.25) is 4.79 Å². The summed E-state index contributed by atoms with van der Waals surface area (Å²) in [6.07, 6.45) is 0. The molecule has 0 aromatic heterocycles. The fraction of sp³-hybridized carbons (Fsp3) is 0.167. The quantitative estimate of drug-likeness (QED) is 0.815. The van der Waals surface area contributed by atoms with Crippen LogP contribution in [0.3, 0.4) is 0 Å². The van der Waals surface area contributed by atoms with Gasteiger partial charge in [-0.05, 0) is 36.8 Å². The van der Waals surface area contributed by atoms with Crippen LogP contribution < -0.4 is 4.74 Å². The SMILES string of the molecule is CC#CCOc1ccc(S(=O)(=O)C(C(=O)O)c2ccccc2)cc1. The van der Waals surface area contributed by atoms with Crippen molar-refractivity contribution in [2.45, 2.75) is 17.1 Å². The van der Waals surface area contributed by atoms with Crippen LogP contribution >= 0.6 is 0 Å². The lowest BCUT2D eigenvalue weighted by atomic mass is 10.1. The zero-order chi connectivity index (χ0) is 17.6. The summed E-state index contributed by atoms with van der Waals surface area (Å²) in [5.74, 6) is 4.46. The van der Waals surface area contributed by atoms with Gasteiger partial charge < -0.3 is 9.84 Å². The number of carboxylic acid groups (broad SMARTS) is 1. The van der Waals surface area contributed by atoms with Crippen molar-refractivity contribution in [1.82, 2.24) is 0 Å². The van der Waals surface area contributed by atoms with Crippen molar-refractivity contribution in [1.29, 1.82) is 0 Å². The van der Waals surface area contributed by atoms with Gasteiger partial charge in [0.2, 0.25) is 0 Å². The Hall–Kier alpha value is -2.78. The number of aliphatic carboxylic acids is 1. The van der Waals surface area contributed by atoms with Gasteiger partial charge in [0, 0.05) is 0 Å². The highest BCUT2D eigenvalue weighted by atomic mass is 32.2. The number of hydrogen-bond acceptors (Lipinski definition) is 4. The molecule has 0 aliphatic carbocycles. The normalized spacial score (nSPS) is 11.9. The standard InChI is InChI=1S/C18H16O5S/c1-2-3-13-23-15-9-11-16(12-10-15)24(21,22)17(18(19)20)14-7-5-4-6-8-14/h4-12,17H,13H2,1H3,(H,19,20). The summed E-state index contributed by atoms with van der Waals surface area (Å²) in [6.45, 7) is 1.89. The summed E-state index contributed by atoms with van der Waals surface area (Å²) < 4.78 is 30.7. The third-order valence-corrected chi connectivity index (χ3v) is 5.30. The Morgan fingerprint density at radius 1 is 1.12 bits per heavy atom. The van der Waals surface area contributed by atoms with Crippen LogP contribution in [0.2, 0.25) is 0 Å². The van der Waals surface area contributed by atoms with Crippen LogP contribution in [0.1, 0.15) is 17.7 Å². The zero-order valence-corrected chi connectivity index (χ0v) is 13.8. The second-order valence-corrected chi connectivity index (χ2v) is 6.89. The predicted molar refractivity (Wildman–Crippen MR) is 89.4 cm³/mol. The lowest BCUT2D eigenvalue weighted by molar-refractivity contribution is -0.136. The number of ether oxygens (including phenoxy) is 1. The first-order chi connectivity index (χ1) is 11.5. The molecule has 1 atom stereocenters. The molecule has 0 heterocycles. The molecule has 2 aromatic rings. The van der Waals surface area contributed by atoms with Crippen LogP contribution in [0.5, 0.6) is 5.75 Å². The van der Waals surface area contributed by atoms with E-state index in [4.69, 9.17) is 4.74 Å². The van der Waals surface area contributed by atoms with Gasteiger partial charge in [-0.25, -0.2) is 8.42 Å². The first-order valence-electron chi connectivity index (χ1n) is 7.11. The second kappa shape index (κ2) is 7.66. The van der Waals surface area contributed by atoms with Gasteiger partial charge in [-0.1, -0.05) is 36.3 Å². The maximum Gasteiger partial charge on any atom is 0.326 e. The van der Waals surface area contributed by atoms with Gasteiger partial charge in [0.1, 0.15) is 12.4 Å². The summed E-state index contributed by atoms with van der Waals surface area (Å²) in [6, 6.07) is 13.5. The summed E-state index contributed by atoms with van der Waals surface area (Å²) in [5.41, 5.74) is 0.212. The zero-order valence-electron chi connectivity index (χ0n) is 13.0. The molecule has 0 amide bonds. The van der Waals surface area contributed by atoms with Crippen molar-refractivity contribution < 1.29 is 23.1 Å². The molecule has 0 aliphatic heterocycles. The Morgan fingerprint density at radius 3 is 2.29 bits per heavy atom. The van der Waals surface area contributed by atoms with Crippen LogP contribution in [0.4, 0.5) is 0 Å². The van der Waals surface area contributed by atoms with Gasteiger partial charge in [0.15, 0.2) is 15.1 Å². The molecule has 0 radical (unpaired) electrons. The van der Waals surface area contributed by atoms with E-state index in [1.54, 1.807) is 25.1 Å². The fourth-order valence-corrected chi connectivity index (χ4v) is 3.70. The molecular formula is C18H16O5S. The molecule has 24 heavy (non-hydrogen) atoms. The molecular weight excluding hydrogens is 328 g/mol. The Bertz CT molecular complexity index is 859. The monoisotopic (exact) mass is 344 g/mol. The lowest BCUT2D eigenvalue weighted by Gasteiger charge is -2.14. The van der Waals surface area contributed by atoms with Crippen molar-refractivity contribution >= 4 is 15.8 Å². The number of carbonyl (C=O) groups is 1. The average Bonchev–Trinajstić information content (AvgIpc) is 2.56. The molecule has 0 aliphatic rings. The molecule has 0 saturated heterocycles. The Balaban J connectivity index is 2.33. The van der Waals surface area contributed by atoms with Crippen molar-refractivity contribution in [3.8, 4) is 17.6 Å². The predicted octanol–water partition coefficient (Wildman–Crippen LogP) is 2.69. The highest BCUT2D eigenvalue weighted by Gasteiger charge is 2.35.